The molecule has 0 aliphatic rings. The summed E-state index contributed by atoms with van der Waals surface area (Å²) < 4.78 is 7.26. The Hall–Kier alpha value is -1.35. The van der Waals surface area contributed by atoms with E-state index in [1.807, 2.05) is 60.4 Å². The minimum absolute atomic E-state index is 0. The predicted octanol–water partition coefficient (Wildman–Crippen LogP) is -0.493. The van der Waals surface area contributed by atoms with E-state index in [1.54, 1.807) is 6.26 Å². The quantitative estimate of drug-likeness (QED) is 0.670. The van der Waals surface area contributed by atoms with Gasteiger partial charge in [-0.05, 0) is 18.6 Å². The molecule has 0 amide bonds. The van der Waals surface area contributed by atoms with E-state index in [0.717, 1.165) is 11.3 Å². The van der Waals surface area contributed by atoms with Crippen molar-refractivity contribution >= 4 is 12.3 Å². The van der Waals surface area contributed by atoms with E-state index in [2.05, 4.69) is 0 Å². The van der Waals surface area contributed by atoms with Crippen molar-refractivity contribution in [3.63, 3.8) is 0 Å². The van der Waals surface area contributed by atoms with Gasteiger partial charge in [0.05, 0.1) is 6.26 Å². The third-order valence-corrected chi connectivity index (χ3v) is 2.04. The van der Waals surface area contributed by atoms with Crippen molar-refractivity contribution in [2.75, 3.05) is 0 Å². The van der Waals surface area contributed by atoms with Crippen molar-refractivity contribution in [1.82, 2.24) is 0 Å². The van der Waals surface area contributed by atoms with E-state index in [1.165, 1.54) is 0 Å². The fourth-order valence-electron chi connectivity index (χ4n) is 1.22. The number of aromatic nitrogens is 1. The number of hydrogen-bond acceptors (Lipinski definition) is 1. The molecule has 0 aromatic carbocycles. The first-order chi connectivity index (χ1) is 6.86. The summed E-state index contributed by atoms with van der Waals surface area (Å²) in [5, 5.41) is 0. The van der Waals surface area contributed by atoms with Crippen LogP contribution in [0.1, 0.15) is 11.3 Å². The number of pyridine rings is 1. The molecule has 0 saturated carbocycles. The Labute approximate surface area is 99.6 Å². The molecule has 0 bridgehead atoms. The van der Waals surface area contributed by atoms with Crippen LogP contribution in [-0.2, 0) is 0 Å². The first-order valence-corrected chi connectivity index (χ1v) is 4.54. The summed E-state index contributed by atoms with van der Waals surface area (Å²) >= 11 is 0. The molecule has 3 heteroatoms. The van der Waals surface area contributed by atoms with Gasteiger partial charge in [0.1, 0.15) is 5.76 Å². The van der Waals surface area contributed by atoms with Crippen LogP contribution in [0, 0.1) is 6.92 Å². The lowest BCUT2D eigenvalue weighted by Crippen LogP contribution is -3.00. The van der Waals surface area contributed by atoms with Gasteiger partial charge in [-0.1, -0.05) is 6.07 Å². The highest BCUT2D eigenvalue weighted by Gasteiger charge is 1.97. The number of rotatable bonds is 2. The third kappa shape index (κ3) is 3.06. The van der Waals surface area contributed by atoms with Gasteiger partial charge in [-0.25, -0.2) is 0 Å². The number of aryl methyl sites for hydroxylation is 1. The van der Waals surface area contributed by atoms with Crippen LogP contribution in [0.2, 0.25) is 0 Å². The molecular weight excluding hydrogens is 254 g/mol. The molecule has 0 atom stereocenters. The van der Waals surface area contributed by atoms with E-state index in [0.29, 0.717) is 0 Å². The van der Waals surface area contributed by atoms with Crippen LogP contribution in [0.15, 0.2) is 47.3 Å². The van der Waals surface area contributed by atoms with Gasteiger partial charge in [-0.15, -0.1) is 0 Å². The maximum Gasteiger partial charge on any atom is 0.178 e. The van der Waals surface area contributed by atoms with Crippen molar-refractivity contribution in [3.8, 4) is 0 Å². The second kappa shape index (κ2) is 5.51. The van der Waals surface area contributed by atoms with E-state index >= 15 is 0 Å². The zero-order valence-corrected chi connectivity index (χ0v) is 10.0. The topological polar surface area (TPSA) is 17.0 Å². The van der Waals surface area contributed by atoms with Gasteiger partial charge in [-0.3, -0.25) is 0 Å². The van der Waals surface area contributed by atoms with E-state index in [4.69, 9.17) is 4.42 Å². The summed E-state index contributed by atoms with van der Waals surface area (Å²) in [4.78, 5) is 0. The van der Waals surface area contributed by atoms with Crippen LogP contribution >= 0.6 is 0 Å². The van der Waals surface area contributed by atoms with Gasteiger partial charge in [0, 0.05) is 18.2 Å². The zero-order chi connectivity index (χ0) is 9.80. The Balaban J connectivity index is 0.00000112. The Morgan fingerprint density at radius 1 is 1.20 bits per heavy atom. The normalized spacial score (nSPS) is 10.2. The molecular formula is C12H12BrNO. The zero-order valence-electron chi connectivity index (χ0n) is 8.43. The largest absolute Gasteiger partial charge is 1.00 e. The maximum atomic E-state index is 5.29. The smallest absolute Gasteiger partial charge is 0.178 e. The molecule has 2 rings (SSSR count). The van der Waals surface area contributed by atoms with Gasteiger partial charge in [0.15, 0.2) is 18.6 Å². The molecule has 0 aliphatic carbocycles. The first-order valence-electron chi connectivity index (χ1n) is 4.54. The molecule has 2 aromatic rings. The molecule has 0 aliphatic heterocycles. The molecule has 0 fully saturated rings. The van der Waals surface area contributed by atoms with Crippen LogP contribution < -0.4 is 21.5 Å². The molecule has 0 N–H and O–H groups in total. The summed E-state index contributed by atoms with van der Waals surface area (Å²) in [7, 11) is 0. The average molecular weight is 266 g/mol. The average Bonchev–Trinajstić information content (AvgIpc) is 2.63. The number of nitrogens with zero attached hydrogens (tertiary/aromatic N) is 1. The van der Waals surface area contributed by atoms with Crippen LogP contribution in [0.5, 0.6) is 0 Å². The Kier molecular flexibility index (Phi) is 4.31. The minimum atomic E-state index is 0. The second-order valence-electron chi connectivity index (χ2n) is 3.11. The van der Waals surface area contributed by atoms with Crippen LogP contribution in [-0.4, -0.2) is 0 Å². The molecule has 78 valence electrons. The number of hydrogen-bond donors (Lipinski definition) is 0. The molecule has 0 saturated heterocycles. The van der Waals surface area contributed by atoms with E-state index in [-0.39, 0.29) is 17.0 Å². The predicted molar refractivity (Wildman–Crippen MR) is 55.3 cm³/mol. The summed E-state index contributed by atoms with van der Waals surface area (Å²) in [6.07, 6.45) is 9.58. The molecule has 2 nitrogen and oxygen atoms in total. The van der Waals surface area contributed by atoms with Crippen LogP contribution in [0.3, 0.4) is 0 Å². The summed E-state index contributed by atoms with van der Waals surface area (Å²) in [6.45, 7) is 2.03. The van der Waals surface area contributed by atoms with Crippen LogP contribution in [0.25, 0.3) is 12.3 Å². The van der Waals surface area contributed by atoms with Crippen molar-refractivity contribution in [1.29, 1.82) is 0 Å². The molecule has 2 aromatic heterocycles. The lowest BCUT2D eigenvalue weighted by molar-refractivity contribution is -0.567. The number of halogens is 1. The molecule has 0 spiro atoms. The fourth-order valence-corrected chi connectivity index (χ4v) is 1.22. The van der Waals surface area contributed by atoms with Gasteiger partial charge >= 0.3 is 0 Å². The van der Waals surface area contributed by atoms with Crippen molar-refractivity contribution < 1.29 is 26.0 Å². The highest BCUT2D eigenvalue weighted by molar-refractivity contribution is 5.54. The molecule has 0 unspecified atom stereocenters. The van der Waals surface area contributed by atoms with E-state index < -0.39 is 0 Å². The lowest BCUT2D eigenvalue weighted by atomic mass is 10.3. The van der Waals surface area contributed by atoms with Gasteiger partial charge < -0.3 is 21.4 Å². The fraction of sp³-hybridized carbons (Fsp3) is 0.0833. The summed E-state index contributed by atoms with van der Waals surface area (Å²) in [6, 6.07) is 7.91. The molecule has 0 radical (unpaired) electrons. The monoisotopic (exact) mass is 265 g/mol. The summed E-state index contributed by atoms with van der Waals surface area (Å²) in [5.74, 6) is 0.904. The summed E-state index contributed by atoms with van der Waals surface area (Å²) in [5.41, 5.74) is 1.15. The molecule has 15 heavy (non-hydrogen) atoms. The lowest BCUT2D eigenvalue weighted by Gasteiger charge is -1.87. The third-order valence-electron chi connectivity index (χ3n) is 2.04. The first kappa shape index (κ1) is 11.7. The minimum Gasteiger partial charge on any atom is -1.00 e. The van der Waals surface area contributed by atoms with Crippen molar-refractivity contribution in [2.24, 2.45) is 0 Å². The second-order valence-corrected chi connectivity index (χ2v) is 3.11. The van der Waals surface area contributed by atoms with E-state index in [9.17, 15) is 0 Å². The standard InChI is InChI=1S/C12H12NO.BrH/c1-11-6-10-14-12(11)5-9-13-7-3-2-4-8-13;/h2-10H,1H3;1H/q+1;/p-1/b9-5+;. The van der Waals surface area contributed by atoms with Crippen LogP contribution in [0.4, 0.5) is 0 Å². The van der Waals surface area contributed by atoms with Gasteiger partial charge in [0.2, 0.25) is 0 Å². The Morgan fingerprint density at radius 3 is 2.53 bits per heavy atom. The van der Waals surface area contributed by atoms with Gasteiger partial charge in [0.25, 0.3) is 0 Å². The maximum absolute atomic E-state index is 5.29. The molecule has 2 heterocycles. The SMILES string of the molecule is Cc1ccoc1/C=C/[n+]1ccccc1.[Br-]. The Morgan fingerprint density at radius 2 is 1.93 bits per heavy atom. The van der Waals surface area contributed by atoms with Gasteiger partial charge in [-0.2, -0.15) is 4.57 Å². The van der Waals surface area contributed by atoms with Crippen molar-refractivity contribution in [2.45, 2.75) is 6.92 Å². The Bertz CT molecular complexity index is 434. The van der Waals surface area contributed by atoms with Crippen molar-refractivity contribution in [3.05, 3.63) is 54.2 Å². The highest BCUT2D eigenvalue weighted by Crippen LogP contribution is 2.09. The number of furan rings is 1. The highest BCUT2D eigenvalue weighted by atomic mass is 79.9.